The Morgan fingerprint density at radius 2 is 1.81 bits per heavy atom. The molecule has 0 unspecified atom stereocenters. The summed E-state index contributed by atoms with van der Waals surface area (Å²) < 4.78 is 36.5. The third kappa shape index (κ3) is 5.86. The highest BCUT2D eigenvalue weighted by Gasteiger charge is 2.61. The lowest BCUT2D eigenvalue weighted by Crippen LogP contribution is -2.72. The van der Waals surface area contributed by atoms with Crippen LogP contribution in [0.3, 0.4) is 0 Å². The molecule has 3 aliphatic rings. The number of carbonyl (C=O) groups is 2. The standard InChI is InChI=1S/C26H39NO8SSi/c1-24(2,3)37(7,8)35-17-14-26(22(28)30-6,36-16-12-10-9-11-13-16)34-21-19(17)27-23(29)32-20(21)18-15-31-25(4,5)33-18/h9-13,17-21H,14-15H2,1-8H3,(H,27,29)/t17-,18+,19+,20+,21+,26+/m0/s1. The zero-order valence-corrected chi connectivity index (χ0v) is 24.7. The number of methoxy groups -OCH3 is 1. The van der Waals surface area contributed by atoms with Gasteiger partial charge in [-0.2, -0.15) is 0 Å². The number of hydrogen-bond donors (Lipinski definition) is 1. The number of carbonyl (C=O) groups excluding carboxylic acids is 2. The number of ether oxygens (including phenoxy) is 5. The summed E-state index contributed by atoms with van der Waals surface area (Å²) in [7, 11) is -0.983. The monoisotopic (exact) mass is 553 g/mol. The fraction of sp³-hybridized carbons (Fsp3) is 0.692. The number of alkyl carbamates (subject to hydrolysis) is 1. The molecule has 1 N–H and O–H groups in total. The number of cyclic esters (lactones) is 1. The van der Waals surface area contributed by atoms with E-state index in [1.807, 2.05) is 44.2 Å². The van der Waals surface area contributed by atoms with Crippen molar-refractivity contribution in [1.29, 1.82) is 0 Å². The predicted molar refractivity (Wildman–Crippen MR) is 141 cm³/mol. The van der Waals surface area contributed by atoms with Gasteiger partial charge in [0.15, 0.2) is 20.2 Å². The van der Waals surface area contributed by atoms with E-state index in [1.54, 1.807) is 0 Å². The van der Waals surface area contributed by atoms with Crippen LogP contribution < -0.4 is 5.32 Å². The minimum atomic E-state index is -2.33. The molecule has 3 saturated heterocycles. The van der Waals surface area contributed by atoms with Crippen LogP contribution in [-0.2, 0) is 32.9 Å². The van der Waals surface area contributed by atoms with E-state index < -0.39 is 61.6 Å². The predicted octanol–water partition coefficient (Wildman–Crippen LogP) is 4.46. The Morgan fingerprint density at radius 1 is 1.14 bits per heavy atom. The van der Waals surface area contributed by atoms with Crippen molar-refractivity contribution in [3.05, 3.63) is 30.3 Å². The summed E-state index contributed by atoms with van der Waals surface area (Å²) in [5.41, 5.74) is 0. The molecule has 6 atom stereocenters. The van der Waals surface area contributed by atoms with E-state index in [0.717, 1.165) is 4.90 Å². The highest BCUT2D eigenvalue weighted by molar-refractivity contribution is 8.01. The maximum Gasteiger partial charge on any atom is 0.408 e. The SMILES string of the molecule is COC(=O)[C@]1(Sc2ccccc2)C[C@H](O[Si](C)(C)C(C)(C)C)[C@H]2NC(=O)O[C@H]([C@H]3COC(C)(C)O3)[C@@H]2O1. The van der Waals surface area contributed by atoms with Crippen LogP contribution in [0.15, 0.2) is 35.2 Å². The van der Waals surface area contributed by atoms with Crippen molar-refractivity contribution in [3.63, 3.8) is 0 Å². The number of esters is 1. The average Bonchev–Trinajstić information content (AvgIpc) is 3.17. The zero-order valence-electron chi connectivity index (χ0n) is 22.9. The molecule has 11 heteroatoms. The molecule has 37 heavy (non-hydrogen) atoms. The first kappa shape index (κ1) is 28.4. The third-order valence-corrected chi connectivity index (χ3v) is 13.3. The molecule has 0 radical (unpaired) electrons. The topological polar surface area (TPSA) is 102 Å². The second-order valence-corrected chi connectivity index (χ2v) is 17.9. The lowest BCUT2D eigenvalue weighted by molar-refractivity contribution is -0.219. The Bertz CT molecular complexity index is 1000. The van der Waals surface area contributed by atoms with Gasteiger partial charge in [0.1, 0.15) is 12.2 Å². The number of rotatable bonds is 6. The van der Waals surface area contributed by atoms with Gasteiger partial charge in [-0.1, -0.05) is 50.7 Å². The fourth-order valence-corrected chi connectivity index (χ4v) is 7.25. The summed E-state index contributed by atoms with van der Waals surface area (Å²) in [6.45, 7) is 14.6. The summed E-state index contributed by atoms with van der Waals surface area (Å²) in [5.74, 6) is -1.36. The molecule has 1 aromatic rings. The van der Waals surface area contributed by atoms with Crippen LogP contribution in [0.1, 0.15) is 41.0 Å². The smallest absolute Gasteiger partial charge is 0.408 e. The van der Waals surface area contributed by atoms with Gasteiger partial charge in [0.25, 0.3) is 0 Å². The molecule has 1 aromatic carbocycles. The molecule has 0 aliphatic carbocycles. The molecule has 0 aromatic heterocycles. The van der Waals surface area contributed by atoms with E-state index in [2.05, 4.69) is 39.2 Å². The average molecular weight is 554 g/mol. The number of thioether (sulfide) groups is 1. The summed E-state index contributed by atoms with van der Waals surface area (Å²) in [6, 6.07) is 9.00. The number of nitrogens with one attached hydrogen (secondary N) is 1. The Hall–Kier alpha value is -1.63. The normalized spacial score (nSPS) is 33.7. The molecule has 3 aliphatic heterocycles. The number of amides is 1. The van der Waals surface area contributed by atoms with Crippen LogP contribution >= 0.6 is 11.8 Å². The van der Waals surface area contributed by atoms with E-state index in [0.29, 0.717) is 0 Å². The van der Waals surface area contributed by atoms with Gasteiger partial charge in [0.2, 0.25) is 4.93 Å². The fourth-order valence-electron chi connectivity index (χ4n) is 4.66. The molecule has 0 spiro atoms. The molecule has 3 fully saturated rings. The van der Waals surface area contributed by atoms with E-state index in [-0.39, 0.29) is 18.1 Å². The first-order valence-electron chi connectivity index (χ1n) is 12.6. The van der Waals surface area contributed by atoms with Crippen LogP contribution in [0.5, 0.6) is 0 Å². The van der Waals surface area contributed by atoms with Crippen LogP contribution in [0.4, 0.5) is 4.79 Å². The van der Waals surface area contributed by atoms with Crippen LogP contribution in [0, 0.1) is 0 Å². The second-order valence-electron chi connectivity index (χ2n) is 11.8. The second kappa shape index (κ2) is 10.2. The van der Waals surface area contributed by atoms with E-state index in [9.17, 15) is 9.59 Å². The highest BCUT2D eigenvalue weighted by Crippen LogP contribution is 2.48. The Morgan fingerprint density at radius 3 is 2.38 bits per heavy atom. The Kier molecular flexibility index (Phi) is 7.79. The summed E-state index contributed by atoms with van der Waals surface area (Å²) in [6.07, 6.45) is -3.05. The first-order chi connectivity index (χ1) is 17.2. The van der Waals surface area contributed by atoms with Gasteiger partial charge in [-0.15, -0.1) is 0 Å². The number of hydrogen-bond acceptors (Lipinski definition) is 9. The van der Waals surface area contributed by atoms with E-state index in [4.69, 9.17) is 28.1 Å². The molecule has 0 bridgehead atoms. The van der Waals surface area contributed by atoms with Crippen molar-refractivity contribution < 1.29 is 37.7 Å². The third-order valence-electron chi connectivity index (χ3n) is 7.57. The van der Waals surface area contributed by atoms with Gasteiger partial charge in [-0.05, 0) is 44.1 Å². The van der Waals surface area contributed by atoms with Crippen LogP contribution in [-0.4, -0.2) is 75.3 Å². The first-order valence-corrected chi connectivity index (χ1v) is 16.4. The maximum atomic E-state index is 13.5. The van der Waals surface area contributed by atoms with Crippen molar-refractivity contribution in [1.82, 2.24) is 5.32 Å². The van der Waals surface area contributed by atoms with Gasteiger partial charge in [-0.25, -0.2) is 9.59 Å². The molecular weight excluding hydrogens is 514 g/mol. The number of benzene rings is 1. The van der Waals surface area contributed by atoms with Gasteiger partial charge < -0.3 is 33.4 Å². The lowest BCUT2D eigenvalue weighted by Gasteiger charge is -2.53. The number of fused-ring (bicyclic) bond motifs is 1. The van der Waals surface area contributed by atoms with Gasteiger partial charge in [-0.3, -0.25) is 0 Å². The summed E-state index contributed by atoms with van der Waals surface area (Å²) in [4.78, 5) is 25.7. The van der Waals surface area contributed by atoms with Gasteiger partial charge in [0, 0.05) is 11.3 Å². The Balaban J connectivity index is 1.77. The van der Waals surface area contributed by atoms with E-state index >= 15 is 0 Å². The molecule has 3 heterocycles. The molecule has 1 amide bonds. The lowest BCUT2D eigenvalue weighted by atomic mass is 9.89. The summed E-state index contributed by atoms with van der Waals surface area (Å²) >= 11 is 1.28. The molecule has 9 nitrogen and oxygen atoms in total. The minimum absolute atomic E-state index is 0.0949. The van der Waals surface area contributed by atoms with Crippen molar-refractivity contribution in [2.24, 2.45) is 0 Å². The highest BCUT2D eigenvalue weighted by atomic mass is 32.2. The summed E-state index contributed by atoms with van der Waals surface area (Å²) in [5, 5.41) is 2.83. The molecule has 0 saturated carbocycles. The maximum absolute atomic E-state index is 13.5. The molecule has 4 rings (SSSR count). The van der Waals surface area contributed by atoms with E-state index in [1.165, 1.54) is 18.9 Å². The Labute approximate surface area is 224 Å². The van der Waals surface area contributed by atoms with Crippen molar-refractivity contribution in [2.75, 3.05) is 13.7 Å². The minimum Gasteiger partial charge on any atom is -0.466 e. The van der Waals surface area contributed by atoms with Gasteiger partial charge in [0.05, 0.1) is 25.9 Å². The van der Waals surface area contributed by atoms with Crippen LogP contribution in [0.2, 0.25) is 18.1 Å². The van der Waals surface area contributed by atoms with Crippen molar-refractivity contribution in [3.8, 4) is 0 Å². The zero-order chi connectivity index (χ0) is 27.2. The van der Waals surface area contributed by atoms with Gasteiger partial charge >= 0.3 is 12.1 Å². The van der Waals surface area contributed by atoms with Crippen molar-refractivity contribution >= 4 is 32.1 Å². The molecule has 206 valence electrons. The molecular formula is C26H39NO8SSi. The van der Waals surface area contributed by atoms with Crippen molar-refractivity contribution in [2.45, 2.75) is 105 Å². The van der Waals surface area contributed by atoms with Crippen LogP contribution in [0.25, 0.3) is 0 Å². The quantitative estimate of drug-likeness (QED) is 0.404. The largest absolute Gasteiger partial charge is 0.466 e.